The van der Waals surface area contributed by atoms with Gasteiger partial charge in [-0.25, -0.2) is 0 Å². The minimum Gasteiger partial charge on any atom is -0.459 e. The number of alkyl halides is 5. The van der Waals surface area contributed by atoms with Crippen LogP contribution in [0.4, 0.5) is 39.0 Å². The average Bonchev–Trinajstić information content (AvgIpc) is 3.28. The van der Waals surface area contributed by atoms with Gasteiger partial charge in [0.05, 0.1) is 18.4 Å². The second-order valence-electron chi connectivity index (χ2n) is 6.49. The van der Waals surface area contributed by atoms with Gasteiger partial charge in [0, 0.05) is 17.1 Å². The first-order valence-electron chi connectivity index (χ1n) is 9.26. The van der Waals surface area contributed by atoms with Crippen LogP contribution in [-0.4, -0.2) is 25.0 Å². The summed E-state index contributed by atoms with van der Waals surface area (Å²) in [6.07, 6.45) is -3.52. The first-order valence-corrected chi connectivity index (χ1v) is 9.26. The number of carbonyl (C=O) groups excluding carboxylic acids is 2. The molecule has 0 aliphatic heterocycles. The van der Waals surface area contributed by atoms with E-state index in [0.29, 0.717) is 0 Å². The zero-order chi connectivity index (χ0) is 24.0. The number of nitrogens with one attached hydrogen (secondary N) is 3. The lowest BCUT2D eigenvalue weighted by molar-refractivity contribution is -0.137. The first-order chi connectivity index (χ1) is 15.6. The highest BCUT2D eigenvalue weighted by Crippen LogP contribution is 2.36. The maximum Gasteiger partial charge on any atom is 0.418 e. The summed E-state index contributed by atoms with van der Waals surface area (Å²) in [6, 6.07) is 10.8. The quantitative estimate of drug-likeness (QED) is 0.395. The fraction of sp³-hybridized carbons (Fsp3) is 0.143. The SMILES string of the molecule is O=C(CNc1ccc(NC(=O)c2ccco2)cc1C(F)(F)F)Nc1ccc(OC(F)F)cc1. The molecule has 0 unspecified atom stereocenters. The van der Waals surface area contributed by atoms with Gasteiger partial charge >= 0.3 is 12.8 Å². The van der Waals surface area contributed by atoms with E-state index in [1.54, 1.807) is 0 Å². The van der Waals surface area contributed by atoms with Crippen LogP contribution in [0.1, 0.15) is 16.1 Å². The first kappa shape index (κ1) is 23.6. The second-order valence-corrected chi connectivity index (χ2v) is 6.49. The van der Waals surface area contributed by atoms with Crippen molar-refractivity contribution >= 4 is 28.9 Å². The predicted octanol–water partition coefficient (Wildman–Crippen LogP) is 5.20. The topological polar surface area (TPSA) is 92.6 Å². The van der Waals surface area contributed by atoms with Crippen molar-refractivity contribution in [2.24, 2.45) is 0 Å². The van der Waals surface area contributed by atoms with Gasteiger partial charge in [-0.1, -0.05) is 0 Å². The number of halogens is 5. The number of amides is 2. The van der Waals surface area contributed by atoms with Crippen LogP contribution in [0.15, 0.2) is 65.3 Å². The molecule has 0 saturated carbocycles. The molecule has 0 spiro atoms. The number of rotatable bonds is 8. The Hall–Kier alpha value is -4.09. The van der Waals surface area contributed by atoms with E-state index in [1.807, 2.05) is 0 Å². The lowest BCUT2D eigenvalue weighted by atomic mass is 10.1. The van der Waals surface area contributed by atoms with Crippen LogP contribution >= 0.6 is 0 Å². The van der Waals surface area contributed by atoms with Gasteiger partial charge in [0.15, 0.2) is 5.76 Å². The Morgan fingerprint density at radius 1 is 0.970 bits per heavy atom. The van der Waals surface area contributed by atoms with E-state index in [1.165, 1.54) is 48.7 Å². The van der Waals surface area contributed by atoms with Gasteiger partial charge in [-0.2, -0.15) is 22.0 Å². The minimum absolute atomic E-state index is 0.0729. The predicted molar refractivity (Wildman–Crippen MR) is 108 cm³/mol. The van der Waals surface area contributed by atoms with Gasteiger partial charge in [-0.15, -0.1) is 0 Å². The van der Waals surface area contributed by atoms with Gasteiger partial charge < -0.3 is 25.1 Å². The number of anilines is 3. The van der Waals surface area contributed by atoms with Crippen molar-refractivity contribution in [3.8, 4) is 5.75 Å². The van der Waals surface area contributed by atoms with Gasteiger partial charge in [0.25, 0.3) is 5.91 Å². The average molecular weight is 469 g/mol. The maximum absolute atomic E-state index is 13.5. The number of furan rings is 1. The van der Waals surface area contributed by atoms with Crippen LogP contribution in [-0.2, 0) is 11.0 Å². The Balaban J connectivity index is 1.64. The minimum atomic E-state index is -4.77. The molecule has 0 aliphatic carbocycles. The molecule has 3 N–H and O–H groups in total. The van der Waals surface area contributed by atoms with Crippen molar-refractivity contribution in [1.29, 1.82) is 0 Å². The molecule has 174 valence electrons. The lowest BCUT2D eigenvalue weighted by Crippen LogP contribution is -2.23. The third-order valence-electron chi connectivity index (χ3n) is 4.13. The second kappa shape index (κ2) is 10.0. The summed E-state index contributed by atoms with van der Waals surface area (Å²) in [4.78, 5) is 24.1. The molecule has 0 aliphatic rings. The highest BCUT2D eigenvalue weighted by molar-refractivity contribution is 6.02. The monoisotopic (exact) mass is 469 g/mol. The molecule has 0 bridgehead atoms. The molecule has 2 aromatic carbocycles. The summed E-state index contributed by atoms with van der Waals surface area (Å²) >= 11 is 0. The molecule has 33 heavy (non-hydrogen) atoms. The van der Waals surface area contributed by atoms with E-state index in [2.05, 4.69) is 20.7 Å². The molecule has 3 aromatic rings. The van der Waals surface area contributed by atoms with E-state index >= 15 is 0 Å². The molecule has 3 rings (SSSR count). The number of ether oxygens (including phenoxy) is 1. The van der Waals surface area contributed by atoms with Gasteiger partial charge in [-0.05, 0) is 54.6 Å². The molecule has 0 atom stereocenters. The molecular weight excluding hydrogens is 453 g/mol. The van der Waals surface area contributed by atoms with Crippen molar-refractivity contribution in [1.82, 2.24) is 0 Å². The summed E-state index contributed by atoms with van der Waals surface area (Å²) in [5, 5.41) is 7.11. The molecule has 7 nitrogen and oxygen atoms in total. The molecule has 0 fully saturated rings. The van der Waals surface area contributed by atoms with Crippen molar-refractivity contribution < 1.29 is 40.7 Å². The fourth-order valence-corrected chi connectivity index (χ4v) is 2.71. The number of hydrogen-bond donors (Lipinski definition) is 3. The zero-order valence-corrected chi connectivity index (χ0v) is 16.6. The summed E-state index contributed by atoms with van der Waals surface area (Å²) in [6.45, 7) is -3.52. The summed E-state index contributed by atoms with van der Waals surface area (Å²) in [7, 11) is 0. The number of carbonyl (C=O) groups is 2. The van der Waals surface area contributed by atoms with E-state index < -0.39 is 36.7 Å². The standard InChI is InChI=1S/C21H16F5N3O4/c22-20(23)33-14-6-3-12(4-7-14)28-18(30)11-27-16-8-5-13(10-15(16)21(24,25)26)29-19(31)17-2-1-9-32-17/h1-10,20,27H,11H2,(H,28,30)(H,29,31). The van der Waals surface area contributed by atoms with Crippen LogP contribution in [0.2, 0.25) is 0 Å². The van der Waals surface area contributed by atoms with E-state index in [4.69, 9.17) is 4.42 Å². The van der Waals surface area contributed by atoms with Crippen molar-refractivity contribution in [2.45, 2.75) is 12.8 Å². The summed E-state index contributed by atoms with van der Waals surface area (Å²) in [5.41, 5.74) is -1.37. The molecule has 1 heterocycles. The normalized spacial score (nSPS) is 11.2. The third-order valence-corrected chi connectivity index (χ3v) is 4.13. The van der Waals surface area contributed by atoms with E-state index in [0.717, 1.165) is 12.1 Å². The Kier molecular flexibility index (Phi) is 7.16. The van der Waals surface area contributed by atoms with Crippen LogP contribution in [0.3, 0.4) is 0 Å². The molecule has 12 heteroatoms. The highest BCUT2D eigenvalue weighted by Gasteiger charge is 2.34. The lowest BCUT2D eigenvalue weighted by Gasteiger charge is -2.16. The fourth-order valence-electron chi connectivity index (χ4n) is 2.71. The van der Waals surface area contributed by atoms with Crippen molar-refractivity contribution in [3.63, 3.8) is 0 Å². The number of hydrogen-bond acceptors (Lipinski definition) is 5. The Labute approximate surface area is 183 Å². The Bertz CT molecular complexity index is 1100. The van der Waals surface area contributed by atoms with Gasteiger partial charge in [0.2, 0.25) is 5.91 Å². The Morgan fingerprint density at radius 3 is 2.27 bits per heavy atom. The van der Waals surface area contributed by atoms with Crippen LogP contribution in [0.5, 0.6) is 5.75 Å². The molecule has 0 saturated heterocycles. The Morgan fingerprint density at radius 2 is 1.67 bits per heavy atom. The number of benzene rings is 2. The smallest absolute Gasteiger partial charge is 0.418 e. The van der Waals surface area contributed by atoms with E-state index in [-0.39, 0.29) is 28.6 Å². The van der Waals surface area contributed by atoms with Crippen molar-refractivity contribution in [2.75, 3.05) is 22.5 Å². The highest BCUT2D eigenvalue weighted by atomic mass is 19.4. The van der Waals surface area contributed by atoms with Crippen LogP contribution in [0, 0.1) is 0 Å². The maximum atomic E-state index is 13.5. The summed E-state index contributed by atoms with van der Waals surface area (Å²) < 4.78 is 73.9. The van der Waals surface area contributed by atoms with Gasteiger partial charge in [0.1, 0.15) is 5.75 Å². The molecule has 1 aromatic heterocycles. The molecule has 0 radical (unpaired) electrons. The van der Waals surface area contributed by atoms with E-state index in [9.17, 15) is 31.5 Å². The largest absolute Gasteiger partial charge is 0.459 e. The van der Waals surface area contributed by atoms with Gasteiger partial charge in [-0.3, -0.25) is 9.59 Å². The van der Waals surface area contributed by atoms with Crippen LogP contribution < -0.4 is 20.7 Å². The van der Waals surface area contributed by atoms with Crippen molar-refractivity contribution in [3.05, 3.63) is 72.2 Å². The summed E-state index contributed by atoms with van der Waals surface area (Å²) in [5.74, 6) is -1.59. The molecular formula is C21H16F5N3O4. The van der Waals surface area contributed by atoms with Crippen LogP contribution in [0.25, 0.3) is 0 Å². The molecule has 2 amide bonds. The third kappa shape index (κ3) is 6.69. The zero-order valence-electron chi connectivity index (χ0n) is 16.6.